The first-order valence-electron chi connectivity index (χ1n) is 8.41. The maximum Gasteiger partial charge on any atom is 0.323 e. The van der Waals surface area contributed by atoms with E-state index in [-0.39, 0.29) is 28.1 Å². The molecule has 11 heteroatoms. The van der Waals surface area contributed by atoms with Gasteiger partial charge in [0.1, 0.15) is 0 Å². The molecule has 0 bridgehead atoms. The van der Waals surface area contributed by atoms with Crippen molar-refractivity contribution in [2.45, 2.75) is 17.4 Å². The fraction of sp³-hybridized carbons (Fsp3) is 0.533. The summed E-state index contributed by atoms with van der Waals surface area (Å²) in [5.41, 5.74) is 0.627. The molecule has 2 N–H and O–H groups in total. The maximum atomic E-state index is 12.9. The van der Waals surface area contributed by atoms with Crippen LogP contribution in [0, 0.1) is 0 Å². The van der Waals surface area contributed by atoms with Crippen LogP contribution in [0.15, 0.2) is 27.9 Å². The molecule has 3 heterocycles. The van der Waals surface area contributed by atoms with Crippen molar-refractivity contribution in [2.75, 3.05) is 37.7 Å². The minimum Gasteiger partial charge on any atom is -0.306 e. The van der Waals surface area contributed by atoms with Gasteiger partial charge in [0.05, 0.1) is 27.4 Å². The summed E-state index contributed by atoms with van der Waals surface area (Å²) in [4.78, 5) is 18.7. The van der Waals surface area contributed by atoms with Gasteiger partial charge in [-0.3, -0.25) is 4.90 Å². The molecule has 2 fully saturated rings. The molecule has 2 aliphatic heterocycles. The lowest BCUT2D eigenvalue weighted by Gasteiger charge is -2.36. The smallest absolute Gasteiger partial charge is 0.306 e. The van der Waals surface area contributed by atoms with Crippen molar-refractivity contribution in [1.82, 2.24) is 19.2 Å². The zero-order chi connectivity index (χ0) is 18.5. The van der Waals surface area contributed by atoms with E-state index in [4.69, 9.17) is 0 Å². The Morgan fingerprint density at radius 3 is 2.38 bits per heavy atom. The van der Waals surface area contributed by atoms with Crippen molar-refractivity contribution in [3.05, 3.63) is 28.7 Å². The number of hydrogen-bond donors (Lipinski definition) is 2. The molecule has 2 saturated heterocycles. The van der Waals surface area contributed by atoms with E-state index in [0.717, 1.165) is 0 Å². The van der Waals surface area contributed by atoms with Gasteiger partial charge in [-0.1, -0.05) is 0 Å². The third-order valence-corrected chi connectivity index (χ3v) is 8.77. The van der Waals surface area contributed by atoms with Crippen LogP contribution in [-0.2, 0) is 19.9 Å². The summed E-state index contributed by atoms with van der Waals surface area (Å²) in [5, 5.41) is 0. The lowest BCUT2D eigenvalue weighted by Crippen LogP contribution is -2.52. The van der Waals surface area contributed by atoms with Gasteiger partial charge in [-0.05, 0) is 24.6 Å². The van der Waals surface area contributed by atoms with Gasteiger partial charge in [0.15, 0.2) is 9.84 Å². The number of aromatic nitrogens is 2. The number of piperazine rings is 1. The SMILES string of the molecule is O=c1[nH]c2ccc(S(=O)(=O)N3CCN([C@H]4CCS(=O)(=O)C4)CC3)cc2[nH]1. The Morgan fingerprint density at radius 1 is 1.04 bits per heavy atom. The zero-order valence-corrected chi connectivity index (χ0v) is 15.6. The number of nitrogens with one attached hydrogen (secondary N) is 2. The van der Waals surface area contributed by atoms with Crippen LogP contribution >= 0.6 is 0 Å². The molecule has 2 aliphatic rings. The number of sulfonamides is 1. The minimum atomic E-state index is -3.66. The van der Waals surface area contributed by atoms with Crippen LogP contribution in [-0.4, -0.2) is 79.7 Å². The van der Waals surface area contributed by atoms with Gasteiger partial charge in [0.25, 0.3) is 0 Å². The number of nitrogens with zero attached hydrogens (tertiary/aromatic N) is 2. The molecule has 26 heavy (non-hydrogen) atoms. The summed E-state index contributed by atoms with van der Waals surface area (Å²) in [6, 6.07) is 4.50. The maximum absolute atomic E-state index is 12.9. The van der Waals surface area contributed by atoms with Gasteiger partial charge < -0.3 is 9.97 Å². The summed E-state index contributed by atoms with van der Waals surface area (Å²) in [5.74, 6) is 0.377. The average Bonchev–Trinajstić information content (AvgIpc) is 3.15. The molecule has 4 rings (SSSR count). The molecule has 0 aliphatic carbocycles. The lowest BCUT2D eigenvalue weighted by atomic mass is 10.2. The van der Waals surface area contributed by atoms with Crippen LogP contribution in [0.2, 0.25) is 0 Å². The predicted molar refractivity (Wildman–Crippen MR) is 96.3 cm³/mol. The third-order valence-electron chi connectivity index (χ3n) is 5.12. The second kappa shape index (κ2) is 6.19. The molecule has 0 spiro atoms. The zero-order valence-electron chi connectivity index (χ0n) is 14.0. The largest absolute Gasteiger partial charge is 0.323 e. The molecular formula is C15H20N4O5S2. The highest BCUT2D eigenvalue weighted by atomic mass is 32.2. The molecular weight excluding hydrogens is 380 g/mol. The monoisotopic (exact) mass is 400 g/mol. The summed E-state index contributed by atoms with van der Waals surface area (Å²) >= 11 is 0. The van der Waals surface area contributed by atoms with E-state index in [1.807, 2.05) is 0 Å². The molecule has 142 valence electrons. The van der Waals surface area contributed by atoms with E-state index in [9.17, 15) is 21.6 Å². The van der Waals surface area contributed by atoms with Crippen molar-refractivity contribution in [3.63, 3.8) is 0 Å². The summed E-state index contributed by atoms with van der Waals surface area (Å²) in [7, 11) is -6.62. The lowest BCUT2D eigenvalue weighted by molar-refractivity contribution is 0.148. The normalized spacial score (nSPS) is 25.0. The van der Waals surface area contributed by atoms with Gasteiger partial charge >= 0.3 is 5.69 Å². The fourth-order valence-corrected chi connectivity index (χ4v) is 6.90. The second-order valence-electron chi connectivity index (χ2n) is 6.78. The minimum absolute atomic E-state index is 0.00821. The molecule has 1 atom stereocenters. The molecule has 9 nitrogen and oxygen atoms in total. The number of hydrogen-bond acceptors (Lipinski definition) is 6. The number of rotatable bonds is 3. The van der Waals surface area contributed by atoms with Crippen molar-refractivity contribution in [3.8, 4) is 0 Å². The standard InChI is InChI=1S/C15H20N4O5S2/c20-15-16-13-2-1-12(9-14(13)17-15)26(23,24)19-6-4-18(5-7-19)11-3-8-25(21,22)10-11/h1-2,9,11H,3-8,10H2,(H2,16,17,20)/t11-/m0/s1. The van der Waals surface area contributed by atoms with Crippen LogP contribution in [0.3, 0.4) is 0 Å². The molecule has 0 radical (unpaired) electrons. The topological polar surface area (TPSA) is 123 Å². The first-order chi connectivity index (χ1) is 12.2. The highest BCUT2D eigenvalue weighted by Gasteiger charge is 2.36. The number of sulfone groups is 1. The Hall–Kier alpha value is -1.69. The summed E-state index contributed by atoms with van der Waals surface area (Å²) in [6.07, 6.45) is 0.618. The van der Waals surface area contributed by atoms with Gasteiger partial charge in [0, 0.05) is 32.2 Å². The van der Waals surface area contributed by atoms with Gasteiger partial charge in [-0.2, -0.15) is 4.31 Å². The van der Waals surface area contributed by atoms with Crippen LogP contribution in [0.4, 0.5) is 0 Å². The summed E-state index contributed by atoms with van der Waals surface area (Å²) < 4.78 is 50.5. The van der Waals surface area contributed by atoms with Crippen molar-refractivity contribution >= 4 is 30.9 Å². The Balaban J connectivity index is 1.49. The van der Waals surface area contributed by atoms with Gasteiger partial charge in [-0.25, -0.2) is 21.6 Å². The molecule has 2 aromatic rings. The highest BCUT2D eigenvalue weighted by Crippen LogP contribution is 2.23. The Kier molecular flexibility index (Phi) is 4.21. The van der Waals surface area contributed by atoms with Crippen molar-refractivity contribution < 1.29 is 16.8 Å². The van der Waals surface area contributed by atoms with Gasteiger partial charge in [0.2, 0.25) is 10.0 Å². The molecule has 0 amide bonds. The van der Waals surface area contributed by atoms with E-state index in [2.05, 4.69) is 14.9 Å². The Bertz CT molecular complexity index is 1090. The fourth-order valence-electron chi connectivity index (χ4n) is 3.69. The average molecular weight is 400 g/mol. The van der Waals surface area contributed by atoms with Crippen molar-refractivity contribution in [1.29, 1.82) is 0 Å². The van der Waals surface area contributed by atoms with Crippen LogP contribution in [0.1, 0.15) is 6.42 Å². The van der Waals surface area contributed by atoms with Crippen LogP contribution in [0.5, 0.6) is 0 Å². The van der Waals surface area contributed by atoms with Crippen LogP contribution in [0.25, 0.3) is 11.0 Å². The van der Waals surface area contributed by atoms with E-state index < -0.39 is 19.9 Å². The number of H-pyrrole nitrogens is 2. The molecule has 0 unspecified atom stereocenters. The van der Waals surface area contributed by atoms with E-state index in [1.54, 1.807) is 6.07 Å². The number of benzene rings is 1. The predicted octanol–water partition coefficient (Wildman–Crippen LogP) is -0.650. The number of fused-ring (bicyclic) bond motifs is 1. The number of aromatic amines is 2. The van der Waals surface area contributed by atoms with Crippen LogP contribution < -0.4 is 5.69 Å². The molecule has 1 aromatic heterocycles. The quantitative estimate of drug-likeness (QED) is 0.706. The van der Waals surface area contributed by atoms with E-state index >= 15 is 0 Å². The second-order valence-corrected chi connectivity index (χ2v) is 11.0. The van der Waals surface area contributed by atoms with Crippen molar-refractivity contribution in [2.24, 2.45) is 0 Å². The Labute approximate surface area is 151 Å². The number of imidazole rings is 1. The molecule has 1 aromatic carbocycles. The van der Waals surface area contributed by atoms with Gasteiger partial charge in [-0.15, -0.1) is 0 Å². The van der Waals surface area contributed by atoms with E-state index in [1.165, 1.54) is 16.4 Å². The molecule has 0 saturated carbocycles. The summed E-state index contributed by atoms with van der Waals surface area (Å²) in [6.45, 7) is 1.67. The first-order valence-corrected chi connectivity index (χ1v) is 11.7. The Morgan fingerprint density at radius 2 is 1.73 bits per heavy atom. The highest BCUT2D eigenvalue weighted by molar-refractivity contribution is 7.91. The first kappa shape index (κ1) is 17.7. The third kappa shape index (κ3) is 3.20. The van der Waals surface area contributed by atoms with E-state index in [0.29, 0.717) is 43.6 Å².